The first-order valence-corrected chi connectivity index (χ1v) is 13.4. The molecular formula is C20H26N6O3S3. The van der Waals surface area contributed by atoms with Crippen LogP contribution in [0.5, 0.6) is 0 Å². The van der Waals surface area contributed by atoms with Gasteiger partial charge in [0, 0.05) is 13.0 Å². The minimum atomic E-state index is -3.56. The molecule has 0 aliphatic rings. The number of carbonyl (C=O) groups is 1. The fourth-order valence-electron chi connectivity index (χ4n) is 2.73. The summed E-state index contributed by atoms with van der Waals surface area (Å²) in [6.45, 7) is 7.83. The number of aryl methyl sites for hydroxylation is 1. The summed E-state index contributed by atoms with van der Waals surface area (Å²) >= 11 is 2.59. The molecule has 0 aliphatic heterocycles. The van der Waals surface area contributed by atoms with E-state index in [9.17, 15) is 13.2 Å². The molecule has 1 unspecified atom stereocenters. The van der Waals surface area contributed by atoms with Crippen LogP contribution < -0.4 is 5.32 Å². The molecule has 0 spiro atoms. The highest BCUT2D eigenvalue weighted by atomic mass is 32.2. The maximum Gasteiger partial charge on any atom is 0.239 e. The highest BCUT2D eigenvalue weighted by Gasteiger charge is 2.25. The van der Waals surface area contributed by atoms with E-state index in [1.54, 1.807) is 35.9 Å². The van der Waals surface area contributed by atoms with Crippen molar-refractivity contribution in [2.45, 2.75) is 61.1 Å². The third-order valence-electron chi connectivity index (χ3n) is 4.70. The molecule has 1 atom stereocenters. The Hall–Kier alpha value is -2.31. The normalized spacial score (nSPS) is 12.8. The van der Waals surface area contributed by atoms with Crippen molar-refractivity contribution >= 4 is 44.0 Å². The summed E-state index contributed by atoms with van der Waals surface area (Å²) in [4.78, 5) is 13.0. The predicted octanol–water partition coefficient (Wildman–Crippen LogP) is 3.58. The van der Waals surface area contributed by atoms with Gasteiger partial charge in [-0.1, -0.05) is 61.6 Å². The second-order valence-corrected chi connectivity index (χ2v) is 11.8. The lowest BCUT2D eigenvalue weighted by atomic mass is 10.2. The lowest BCUT2D eigenvalue weighted by Gasteiger charge is -2.13. The molecule has 0 saturated carbocycles. The zero-order chi connectivity index (χ0) is 23.5. The summed E-state index contributed by atoms with van der Waals surface area (Å²) in [6.07, 6.45) is 0.552. The topological polar surface area (TPSA) is 120 Å². The average molecular weight is 495 g/mol. The molecule has 3 rings (SSSR count). The van der Waals surface area contributed by atoms with E-state index in [-0.39, 0.29) is 22.5 Å². The molecule has 3 aromatic rings. The number of anilines is 1. The van der Waals surface area contributed by atoms with Crippen LogP contribution in [0.1, 0.15) is 49.5 Å². The van der Waals surface area contributed by atoms with Gasteiger partial charge in [0.05, 0.1) is 10.1 Å². The van der Waals surface area contributed by atoms with E-state index in [0.717, 1.165) is 10.6 Å². The van der Waals surface area contributed by atoms with Crippen LogP contribution in [0.3, 0.4) is 0 Å². The fraction of sp³-hybridized carbons (Fsp3) is 0.450. The van der Waals surface area contributed by atoms with Crippen LogP contribution in [0.25, 0.3) is 0 Å². The van der Waals surface area contributed by atoms with Crippen molar-refractivity contribution in [3.8, 4) is 0 Å². The number of hydrogen-bond donors (Lipinski definition) is 1. The van der Waals surface area contributed by atoms with Crippen LogP contribution >= 0.6 is 23.1 Å². The number of nitrogens with zero attached hydrogens (tertiary/aromatic N) is 5. The van der Waals surface area contributed by atoms with Gasteiger partial charge in [0.1, 0.15) is 16.6 Å². The molecule has 0 radical (unpaired) electrons. The monoisotopic (exact) mass is 494 g/mol. The van der Waals surface area contributed by atoms with E-state index in [4.69, 9.17) is 0 Å². The van der Waals surface area contributed by atoms with Crippen LogP contribution in [0.4, 0.5) is 5.13 Å². The molecule has 1 amide bonds. The van der Waals surface area contributed by atoms with Crippen molar-refractivity contribution in [1.29, 1.82) is 0 Å². The molecular weight excluding hydrogens is 468 g/mol. The molecule has 0 aliphatic carbocycles. The Morgan fingerprint density at radius 3 is 2.44 bits per heavy atom. The van der Waals surface area contributed by atoms with Gasteiger partial charge in [0.15, 0.2) is 15.0 Å². The van der Waals surface area contributed by atoms with Crippen LogP contribution in [0, 0.1) is 6.92 Å². The molecule has 2 heterocycles. The highest BCUT2D eigenvalue weighted by molar-refractivity contribution is 8.00. The highest BCUT2D eigenvalue weighted by Crippen LogP contribution is 2.28. The Morgan fingerprint density at radius 2 is 1.84 bits per heavy atom. The van der Waals surface area contributed by atoms with Gasteiger partial charge in [0.2, 0.25) is 11.0 Å². The number of nitrogens with one attached hydrogen (secondary N) is 1. The van der Waals surface area contributed by atoms with Gasteiger partial charge in [-0.05, 0) is 25.5 Å². The Morgan fingerprint density at radius 1 is 1.16 bits per heavy atom. The number of benzene rings is 1. The number of thioether (sulfide) groups is 1. The zero-order valence-electron chi connectivity index (χ0n) is 18.6. The molecule has 32 heavy (non-hydrogen) atoms. The summed E-state index contributed by atoms with van der Waals surface area (Å²) < 4.78 is 27.1. The second kappa shape index (κ2) is 10.1. The van der Waals surface area contributed by atoms with Crippen LogP contribution in [-0.2, 0) is 27.4 Å². The predicted molar refractivity (Wildman–Crippen MR) is 126 cm³/mol. The molecule has 9 nitrogen and oxygen atoms in total. The zero-order valence-corrected chi connectivity index (χ0v) is 21.0. The van der Waals surface area contributed by atoms with E-state index in [1.807, 2.05) is 27.7 Å². The molecule has 0 fully saturated rings. The summed E-state index contributed by atoms with van der Waals surface area (Å²) in [5.41, 5.74) is 0.985. The fourth-order valence-corrected chi connectivity index (χ4v) is 5.72. The summed E-state index contributed by atoms with van der Waals surface area (Å²) in [6, 6.07) is 6.70. The third-order valence-corrected chi connectivity index (χ3v) is 8.87. The van der Waals surface area contributed by atoms with Crippen molar-refractivity contribution in [3.63, 3.8) is 0 Å². The summed E-state index contributed by atoms with van der Waals surface area (Å²) in [5.74, 6) is 0.0730. The van der Waals surface area contributed by atoms with Crippen molar-refractivity contribution in [3.05, 3.63) is 40.7 Å². The average Bonchev–Trinajstić information content (AvgIpc) is 3.34. The van der Waals surface area contributed by atoms with Gasteiger partial charge in [-0.25, -0.2) is 8.42 Å². The number of hydrogen-bond acceptors (Lipinski definition) is 9. The van der Waals surface area contributed by atoms with Gasteiger partial charge in [0.25, 0.3) is 0 Å². The minimum Gasteiger partial charge on any atom is -0.308 e. The largest absolute Gasteiger partial charge is 0.308 e. The van der Waals surface area contributed by atoms with Gasteiger partial charge in [-0.2, -0.15) is 0 Å². The third kappa shape index (κ3) is 5.73. The first-order chi connectivity index (χ1) is 15.1. The SMILES string of the molecule is CCC(Sc1nnc(CS(=O)(=O)c2ccc(C)cc2)n1C)C(=O)Nc1nnc(C(C)C)s1. The Kier molecular flexibility index (Phi) is 7.67. The lowest BCUT2D eigenvalue weighted by Crippen LogP contribution is -2.25. The Balaban J connectivity index is 1.70. The van der Waals surface area contributed by atoms with Gasteiger partial charge >= 0.3 is 0 Å². The maximum atomic E-state index is 12.8. The number of amides is 1. The first kappa shape index (κ1) is 24.3. The van der Waals surface area contributed by atoms with Crippen molar-refractivity contribution in [1.82, 2.24) is 25.0 Å². The maximum absolute atomic E-state index is 12.8. The number of aromatic nitrogens is 5. The van der Waals surface area contributed by atoms with Crippen molar-refractivity contribution in [2.24, 2.45) is 7.05 Å². The Labute approximate surface area is 196 Å². The van der Waals surface area contributed by atoms with Crippen LogP contribution in [0.2, 0.25) is 0 Å². The lowest BCUT2D eigenvalue weighted by molar-refractivity contribution is -0.115. The second-order valence-electron chi connectivity index (χ2n) is 7.63. The summed E-state index contributed by atoms with van der Waals surface area (Å²) in [5, 5.41) is 20.4. The van der Waals surface area contributed by atoms with E-state index >= 15 is 0 Å². The molecule has 0 bridgehead atoms. The van der Waals surface area contributed by atoms with Gasteiger partial charge in [-0.3, -0.25) is 10.1 Å². The molecule has 172 valence electrons. The van der Waals surface area contributed by atoms with E-state index in [0.29, 0.717) is 22.5 Å². The van der Waals surface area contributed by atoms with E-state index in [1.165, 1.54) is 23.1 Å². The number of carbonyl (C=O) groups excluding carboxylic acids is 1. The molecule has 2 aromatic heterocycles. The standard InChI is InChI=1S/C20H26N6O3S3/c1-6-15(17(27)21-19-24-23-18(31-19)12(2)3)30-20-25-22-16(26(20)5)11-32(28,29)14-9-7-13(4)8-10-14/h7-10,12,15H,6,11H2,1-5H3,(H,21,24,27). The summed E-state index contributed by atoms with van der Waals surface area (Å²) in [7, 11) is -1.86. The number of sulfone groups is 1. The van der Waals surface area contributed by atoms with Crippen LogP contribution in [-0.4, -0.2) is 44.5 Å². The molecule has 1 N–H and O–H groups in total. The van der Waals surface area contributed by atoms with Gasteiger partial charge < -0.3 is 4.57 Å². The van der Waals surface area contributed by atoms with Crippen LogP contribution in [0.15, 0.2) is 34.3 Å². The quantitative estimate of drug-likeness (QED) is 0.448. The van der Waals surface area contributed by atoms with Crippen molar-refractivity contribution in [2.75, 3.05) is 5.32 Å². The molecule has 1 aromatic carbocycles. The molecule has 0 saturated heterocycles. The minimum absolute atomic E-state index is 0.208. The smallest absolute Gasteiger partial charge is 0.239 e. The van der Waals surface area contributed by atoms with E-state index in [2.05, 4.69) is 25.7 Å². The first-order valence-electron chi connectivity index (χ1n) is 10.1. The van der Waals surface area contributed by atoms with Gasteiger partial charge in [-0.15, -0.1) is 20.4 Å². The van der Waals surface area contributed by atoms with E-state index < -0.39 is 15.1 Å². The number of rotatable bonds is 9. The molecule has 12 heteroatoms. The Bertz CT molecular complexity index is 1190. The van der Waals surface area contributed by atoms with Crippen molar-refractivity contribution < 1.29 is 13.2 Å².